The van der Waals surface area contributed by atoms with Crippen LogP contribution in [0.25, 0.3) is 10.9 Å². The zero-order valence-electron chi connectivity index (χ0n) is 15.6. The summed E-state index contributed by atoms with van der Waals surface area (Å²) in [5, 5.41) is 0.732. The average molecular weight is 516 g/mol. The number of rotatable bonds is 5. The molecule has 0 amide bonds. The van der Waals surface area contributed by atoms with Gasteiger partial charge in [0, 0.05) is 16.1 Å². The maximum Gasteiger partial charge on any atom is 0.263 e. The summed E-state index contributed by atoms with van der Waals surface area (Å²) in [5.74, 6) is 0.492. The molecular weight excluding hydrogens is 502 g/mol. The van der Waals surface area contributed by atoms with Crippen LogP contribution in [0.4, 0.5) is 0 Å². The number of hydrogen-bond donors (Lipinski definition) is 1. The number of ether oxygens (including phenoxy) is 1. The van der Waals surface area contributed by atoms with Gasteiger partial charge in [0.1, 0.15) is 10.6 Å². The third-order valence-corrected chi connectivity index (χ3v) is 7.24. The predicted octanol–water partition coefficient (Wildman–Crippen LogP) is 5.90. The zero-order chi connectivity index (χ0) is 22.2. The van der Waals surface area contributed by atoms with Gasteiger partial charge in [0.15, 0.2) is 6.10 Å². The SMILES string of the molecule is O=S(=O)(NC1=CC(Cl)C(Oc2cnc3ccccc3c2)C(Cl)=C1)c1ccc(Cl)cc1Cl. The maximum absolute atomic E-state index is 12.7. The van der Waals surface area contributed by atoms with E-state index in [4.69, 9.17) is 51.1 Å². The molecule has 1 heterocycles. The van der Waals surface area contributed by atoms with Gasteiger partial charge in [-0.2, -0.15) is 0 Å². The first-order valence-corrected chi connectivity index (χ1v) is 12.0. The third-order valence-electron chi connectivity index (χ3n) is 4.46. The Morgan fingerprint density at radius 3 is 2.55 bits per heavy atom. The lowest BCUT2D eigenvalue weighted by atomic mass is 10.1. The second-order valence-corrected chi connectivity index (χ2v) is 10.1. The number of sulfonamides is 1. The molecule has 160 valence electrons. The Hall–Kier alpha value is -1.96. The Bertz CT molecular complexity index is 1330. The van der Waals surface area contributed by atoms with Crippen LogP contribution in [0.3, 0.4) is 0 Å². The van der Waals surface area contributed by atoms with Crippen molar-refractivity contribution in [3.8, 4) is 5.75 Å². The van der Waals surface area contributed by atoms with Crippen LogP contribution >= 0.6 is 46.4 Å². The molecule has 1 N–H and O–H groups in total. The molecule has 4 rings (SSSR count). The van der Waals surface area contributed by atoms with E-state index in [0.717, 1.165) is 10.9 Å². The van der Waals surface area contributed by atoms with E-state index < -0.39 is 21.5 Å². The highest BCUT2D eigenvalue weighted by atomic mass is 35.5. The van der Waals surface area contributed by atoms with E-state index in [9.17, 15) is 8.42 Å². The highest BCUT2D eigenvalue weighted by Gasteiger charge is 2.29. The Balaban J connectivity index is 1.53. The molecule has 1 aliphatic rings. The van der Waals surface area contributed by atoms with Gasteiger partial charge in [0.25, 0.3) is 10.0 Å². The van der Waals surface area contributed by atoms with Gasteiger partial charge in [-0.1, -0.05) is 53.0 Å². The monoisotopic (exact) mass is 514 g/mol. The number of para-hydroxylation sites is 1. The minimum Gasteiger partial charge on any atom is -0.481 e. The summed E-state index contributed by atoms with van der Waals surface area (Å²) in [5.41, 5.74) is 1.03. The topological polar surface area (TPSA) is 68.3 Å². The summed E-state index contributed by atoms with van der Waals surface area (Å²) in [6, 6.07) is 13.5. The van der Waals surface area contributed by atoms with E-state index in [2.05, 4.69) is 9.71 Å². The highest BCUT2D eigenvalue weighted by Crippen LogP contribution is 2.31. The number of pyridine rings is 1. The van der Waals surface area contributed by atoms with Gasteiger partial charge in [-0.3, -0.25) is 9.71 Å². The Labute approximate surface area is 199 Å². The van der Waals surface area contributed by atoms with Crippen molar-refractivity contribution in [2.45, 2.75) is 16.4 Å². The molecule has 10 heteroatoms. The van der Waals surface area contributed by atoms with Gasteiger partial charge in [-0.05, 0) is 42.5 Å². The number of alkyl halides is 1. The number of allylic oxidation sites excluding steroid dienone is 1. The fourth-order valence-corrected chi connectivity index (χ4v) is 5.55. The van der Waals surface area contributed by atoms with Crippen LogP contribution in [0.2, 0.25) is 10.0 Å². The molecule has 2 unspecified atom stereocenters. The van der Waals surface area contributed by atoms with Crippen LogP contribution in [0.1, 0.15) is 0 Å². The first-order chi connectivity index (χ1) is 14.7. The first kappa shape index (κ1) is 22.2. The van der Waals surface area contributed by atoms with E-state index in [-0.39, 0.29) is 20.6 Å². The molecule has 3 aromatic rings. The predicted molar refractivity (Wildman–Crippen MR) is 125 cm³/mol. The van der Waals surface area contributed by atoms with Crippen LogP contribution in [0.5, 0.6) is 5.75 Å². The molecule has 1 aromatic heterocycles. The summed E-state index contributed by atoms with van der Waals surface area (Å²) >= 11 is 24.7. The van der Waals surface area contributed by atoms with Gasteiger partial charge >= 0.3 is 0 Å². The lowest BCUT2D eigenvalue weighted by Crippen LogP contribution is -2.33. The molecule has 0 spiro atoms. The van der Waals surface area contributed by atoms with E-state index in [1.54, 1.807) is 6.20 Å². The van der Waals surface area contributed by atoms with Crippen LogP contribution < -0.4 is 9.46 Å². The second-order valence-electron chi connectivity index (χ2n) is 6.68. The molecule has 1 aliphatic carbocycles. The number of hydrogen-bond acceptors (Lipinski definition) is 4. The van der Waals surface area contributed by atoms with Crippen molar-refractivity contribution in [3.05, 3.63) is 87.7 Å². The van der Waals surface area contributed by atoms with Crippen molar-refractivity contribution < 1.29 is 13.2 Å². The lowest BCUT2D eigenvalue weighted by Gasteiger charge is -2.26. The van der Waals surface area contributed by atoms with Crippen molar-refractivity contribution >= 4 is 67.3 Å². The quantitative estimate of drug-likeness (QED) is 0.430. The van der Waals surface area contributed by atoms with Gasteiger partial charge in [-0.25, -0.2) is 8.42 Å². The first-order valence-electron chi connectivity index (χ1n) is 8.95. The standard InChI is InChI=1S/C21H14Cl4N2O3S/c22-13-5-6-20(16(23)8-13)31(28,29)27-14-9-17(24)21(18(25)10-14)30-15-7-12-3-1-2-4-19(12)26-11-15/h1-11,17,21,27H. The van der Waals surface area contributed by atoms with Crippen molar-refractivity contribution in [3.63, 3.8) is 0 Å². The van der Waals surface area contributed by atoms with Crippen LogP contribution in [0, 0.1) is 0 Å². The molecule has 0 aliphatic heterocycles. The fraction of sp³-hybridized carbons (Fsp3) is 0.0952. The highest BCUT2D eigenvalue weighted by molar-refractivity contribution is 7.89. The number of fused-ring (bicyclic) bond motifs is 1. The molecule has 0 saturated carbocycles. The van der Waals surface area contributed by atoms with E-state index in [1.165, 1.54) is 30.4 Å². The van der Waals surface area contributed by atoms with Gasteiger partial charge < -0.3 is 4.74 Å². The largest absolute Gasteiger partial charge is 0.481 e. The Morgan fingerprint density at radius 1 is 1.03 bits per heavy atom. The summed E-state index contributed by atoms with van der Waals surface area (Å²) in [6.07, 6.45) is 3.83. The molecular formula is C21H14Cl4N2O3S. The Kier molecular flexibility index (Phi) is 6.37. The molecule has 31 heavy (non-hydrogen) atoms. The molecule has 0 bridgehead atoms. The van der Waals surface area contributed by atoms with Gasteiger partial charge in [0.2, 0.25) is 0 Å². The number of aromatic nitrogens is 1. The molecule has 2 aromatic carbocycles. The van der Waals surface area contributed by atoms with E-state index in [1.807, 2.05) is 30.3 Å². The van der Waals surface area contributed by atoms with Crippen molar-refractivity contribution in [1.82, 2.24) is 9.71 Å². The molecule has 0 fully saturated rings. The molecule has 5 nitrogen and oxygen atoms in total. The lowest BCUT2D eigenvalue weighted by molar-refractivity contribution is 0.249. The minimum absolute atomic E-state index is 0.000997. The number of nitrogens with zero attached hydrogens (tertiary/aromatic N) is 1. The fourth-order valence-electron chi connectivity index (χ4n) is 3.04. The van der Waals surface area contributed by atoms with Crippen molar-refractivity contribution in [2.75, 3.05) is 0 Å². The third kappa shape index (κ3) is 4.94. The maximum atomic E-state index is 12.7. The van der Waals surface area contributed by atoms with Gasteiger partial charge in [0.05, 0.1) is 27.1 Å². The second kappa shape index (κ2) is 8.88. The molecule has 0 radical (unpaired) electrons. The summed E-state index contributed by atoms with van der Waals surface area (Å²) < 4.78 is 33.8. The minimum atomic E-state index is -3.98. The summed E-state index contributed by atoms with van der Waals surface area (Å²) in [7, 11) is -3.98. The summed E-state index contributed by atoms with van der Waals surface area (Å²) in [4.78, 5) is 4.23. The van der Waals surface area contributed by atoms with Crippen LogP contribution in [0.15, 0.2) is 82.5 Å². The normalized spacial score (nSPS) is 19.0. The summed E-state index contributed by atoms with van der Waals surface area (Å²) in [6.45, 7) is 0. The zero-order valence-corrected chi connectivity index (χ0v) is 19.4. The smallest absolute Gasteiger partial charge is 0.263 e. The number of benzene rings is 2. The van der Waals surface area contributed by atoms with E-state index in [0.29, 0.717) is 10.8 Å². The Morgan fingerprint density at radius 2 is 1.81 bits per heavy atom. The number of nitrogens with one attached hydrogen (secondary N) is 1. The average Bonchev–Trinajstić information content (AvgIpc) is 2.70. The van der Waals surface area contributed by atoms with Gasteiger partial charge in [-0.15, -0.1) is 11.6 Å². The molecule has 0 saturated heterocycles. The van der Waals surface area contributed by atoms with Crippen molar-refractivity contribution in [1.29, 1.82) is 0 Å². The van der Waals surface area contributed by atoms with Crippen LogP contribution in [-0.2, 0) is 10.0 Å². The van der Waals surface area contributed by atoms with Crippen LogP contribution in [-0.4, -0.2) is 24.9 Å². The van der Waals surface area contributed by atoms with Crippen molar-refractivity contribution in [2.24, 2.45) is 0 Å². The molecule has 2 atom stereocenters. The van der Waals surface area contributed by atoms with E-state index >= 15 is 0 Å². The number of halogens is 4.